The molecular formula is C9H10ClNO2. The molecule has 0 fully saturated rings. The molecule has 0 aliphatic rings. The maximum atomic E-state index is 10.7. The summed E-state index contributed by atoms with van der Waals surface area (Å²) in [4.78, 5) is 10.7. The molecule has 0 amide bonds. The molecule has 0 saturated carbocycles. The molecule has 0 aromatic heterocycles. The van der Waals surface area contributed by atoms with Crippen LogP contribution in [-0.4, -0.2) is 17.6 Å². The molecule has 3 N–H and O–H groups in total. The van der Waals surface area contributed by atoms with Crippen LogP contribution in [0.25, 0.3) is 0 Å². The zero-order valence-corrected chi connectivity index (χ0v) is 7.66. The van der Waals surface area contributed by atoms with Crippen molar-refractivity contribution in [3.63, 3.8) is 0 Å². The van der Waals surface area contributed by atoms with Crippen molar-refractivity contribution in [1.29, 1.82) is 0 Å². The first-order valence-corrected chi connectivity index (χ1v) is 4.22. The lowest BCUT2D eigenvalue weighted by atomic mass is 10.00. The SMILES string of the molecule is NC[C@H](C(=O)O)c1ccccc1Cl. The maximum absolute atomic E-state index is 10.7. The first-order valence-electron chi connectivity index (χ1n) is 3.84. The van der Waals surface area contributed by atoms with Gasteiger partial charge in [0.05, 0.1) is 5.92 Å². The van der Waals surface area contributed by atoms with E-state index in [0.717, 1.165) is 0 Å². The Labute approximate surface area is 81.1 Å². The Morgan fingerprint density at radius 2 is 2.15 bits per heavy atom. The average molecular weight is 200 g/mol. The Kier molecular flexibility index (Phi) is 3.28. The summed E-state index contributed by atoms with van der Waals surface area (Å²) in [5.41, 5.74) is 5.90. The Balaban J connectivity index is 3.04. The molecule has 0 radical (unpaired) electrons. The molecule has 0 heterocycles. The standard InChI is InChI=1S/C9H10ClNO2/c10-8-4-2-1-3-6(8)7(5-11)9(12)13/h1-4,7H,5,11H2,(H,12,13)/t7-/m0/s1. The molecule has 1 rings (SSSR count). The Morgan fingerprint density at radius 1 is 1.54 bits per heavy atom. The highest BCUT2D eigenvalue weighted by Crippen LogP contribution is 2.23. The molecular weight excluding hydrogens is 190 g/mol. The molecule has 4 heteroatoms. The van der Waals surface area contributed by atoms with Crippen LogP contribution in [0.5, 0.6) is 0 Å². The second-order valence-electron chi connectivity index (χ2n) is 2.65. The van der Waals surface area contributed by atoms with Gasteiger partial charge in [0.15, 0.2) is 0 Å². The average Bonchev–Trinajstić information content (AvgIpc) is 2.09. The van der Waals surface area contributed by atoms with Crippen molar-refractivity contribution in [3.8, 4) is 0 Å². The van der Waals surface area contributed by atoms with E-state index in [0.29, 0.717) is 10.6 Å². The lowest BCUT2D eigenvalue weighted by Crippen LogP contribution is -2.21. The van der Waals surface area contributed by atoms with E-state index >= 15 is 0 Å². The van der Waals surface area contributed by atoms with E-state index in [1.807, 2.05) is 0 Å². The minimum absolute atomic E-state index is 0.0546. The summed E-state index contributed by atoms with van der Waals surface area (Å²) in [6.45, 7) is 0.0546. The Hall–Kier alpha value is -1.06. The van der Waals surface area contributed by atoms with Crippen molar-refractivity contribution in [3.05, 3.63) is 34.9 Å². The van der Waals surface area contributed by atoms with Crippen molar-refractivity contribution < 1.29 is 9.90 Å². The predicted molar refractivity (Wildman–Crippen MR) is 50.9 cm³/mol. The third-order valence-electron chi connectivity index (χ3n) is 1.81. The van der Waals surface area contributed by atoms with Gasteiger partial charge < -0.3 is 10.8 Å². The number of aliphatic carboxylic acids is 1. The first-order chi connectivity index (χ1) is 6.16. The van der Waals surface area contributed by atoms with Crippen LogP contribution in [0.2, 0.25) is 5.02 Å². The molecule has 70 valence electrons. The van der Waals surface area contributed by atoms with Crippen LogP contribution in [0, 0.1) is 0 Å². The van der Waals surface area contributed by atoms with E-state index in [9.17, 15) is 4.79 Å². The van der Waals surface area contributed by atoms with Crippen LogP contribution in [0.3, 0.4) is 0 Å². The summed E-state index contributed by atoms with van der Waals surface area (Å²) in [5.74, 6) is -1.66. The second kappa shape index (κ2) is 4.25. The number of carboxylic acid groups (broad SMARTS) is 1. The van der Waals surface area contributed by atoms with E-state index < -0.39 is 11.9 Å². The molecule has 1 aromatic carbocycles. The van der Waals surface area contributed by atoms with Gasteiger partial charge in [0.25, 0.3) is 0 Å². The van der Waals surface area contributed by atoms with Gasteiger partial charge in [-0.3, -0.25) is 4.79 Å². The molecule has 0 saturated heterocycles. The van der Waals surface area contributed by atoms with Gasteiger partial charge in [0.2, 0.25) is 0 Å². The van der Waals surface area contributed by atoms with E-state index in [1.165, 1.54) is 0 Å². The van der Waals surface area contributed by atoms with Crippen LogP contribution in [0.1, 0.15) is 11.5 Å². The number of benzene rings is 1. The number of rotatable bonds is 3. The predicted octanol–water partition coefficient (Wildman–Crippen LogP) is 1.47. The number of carbonyl (C=O) groups is 1. The molecule has 1 atom stereocenters. The van der Waals surface area contributed by atoms with Crippen molar-refractivity contribution in [1.82, 2.24) is 0 Å². The number of nitrogens with two attached hydrogens (primary N) is 1. The van der Waals surface area contributed by atoms with E-state index in [2.05, 4.69) is 0 Å². The van der Waals surface area contributed by atoms with Crippen molar-refractivity contribution in [2.75, 3.05) is 6.54 Å². The van der Waals surface area contributed by atoms with Crippen LogP contribution < -0.4 is 5.73 Å². The summed E-state index contributed by atoms with van der Waals surface area (Å²) in [5, 5.41) is 9.26. The fourth-order valence-electron chi connectivity index (χ4n) is 1.12. The smallest absolute Gasteiger partial charge is 0.312 e. The molecule has 3 nitrogen and oxygen atoms in total. The fraction of sp³-hybridized carbons (Fsp3) is 0.222. The van der Waals surface area contributed by atoms with Gasteiger partial charge in [-0.25, -0.2) is 0 Å². The van der Waals surface area contributed by atoms with Gasteiger partial charge in [-0.1, -0.05) is 29.8 Å². The maximum Gasteiger partial charge on any atom is 0.312 e. The minimum atomic E-state index is -0.949. The number of carboxylic acids is 1. The lowest BCUT2D eigenvalue weighted by Gasteiger charge is -2.10. The summed E-state index contributed by atoms with van der Waals surface area (Å²) >= 11 is 5.82. The Morgan fingerprint density at radius 3 is 2.62 bits per heavy atom. The van der Waals surface area contributed by atoms with E-state index in [1.54, 1.807) is 24.3 Å². The molecule has 0 bridgehead atoms. The zero-order valence-electron chi connectivity index (χ0n) is 6.90. The largest absolute Gasteiger partial charge is 0.481 e. The minimum Gasteiger partial charge on any atom is -0.481 e. The van der Waals surface area contributed by atoms with Crippen LogP contribution in [-0.2, 0) is 4.79 Å². The number of halogens is 1. The third kappa shape index (κ3) is 2.20. The molecule has 13 heavy (non-hydrogen) atoms. The molecule has 0 spiro atoms. The van der Waals surface area contributed by atoms with Crippen molar-refractivity contribution >= 4 is 17.6 Å². The highest BCUT2D eigenvalue weighted by molar-refractivity contribution is 6.31. The number of hydrogen-bond donors (Lipinski definition) is 2. The second-order valence-corrected chi connectivity index (χ2v) is 3.06. The monoisotopic (exact) mass is 199 g/mol. The highest BCUT2D eigenvalue weighted by Gasteiger charge is 2.19. The highest BCUT2D eigenvalue weighted by atomic mass is 35.5. The topological polar surface area (TPSA) is 63.3 Å². The van der Waals surface area contributed by atoms with Gasteiger partial charge in [-0.05, 0) is 11.6 Å². The summed E-state index contributed by atoms with van der Waals surface area (Å²) in [6, 6.07) is 6.82. The van der Waals surface area contributed by atoms with Crippen LogP contribution in [0.15, 0.2) is 24.3 Å². The van der Waals surface area contributed by atoms with Gasteiger partial charge in [-0.2, -0.15) is 0 Å². The van der Waals surface area contributed by atoms with Gasteiger partial charge in [0, 0.05) is 11.6 Å². The van der Waals surface area contributed by atoms with Crippen molar-refractivity contribution in [2.24, 2.45) is 5.73 Å². The van der Waals surface area contributed by atoms with Crippen LogP contribution in [0.4, 0.5) is 0 Å². The van der Waals surface area contributed by atoms with Gasteiger partial charge >= 0.3 is 5.97 Å². The van der Waals surface area contributed by atoms with Crippen LogP contribution >= 0.6 is 11.6 Å². The molecule has 1 aromatic rings. The first kappa shape index (κ1) is 10.0. The number of hydrogen-bond acceptors (Lipinski definition) is 2. The van der Waals surface area contributed by atoms with Crippen molar-refractivity contribution in [2.45, 2.75) is 5.92 Å². The quantitative estimate of drug-likeness (QED) is 0.775. The fourth-order valence-corrected chi connectivity index (χ4v) is 1.39. The third-order valence-corrected chi connectivity index (χ3v) is 2.16. The zero-order chi connectivity index (χ0) is 9.84. The molecule has 0 aliphatic heterocycles. The summed E-state index contributed by atoms with van der Waals surface area (Å²) < 4.78 is 0. The van der Waals surface area contributed by atoms with E-state index in [4.69, 9.17) is 22.4 Å². The summed E-state index contributed by atoms with van der Waals surface area (Å²) in [6.07, 6.45) is 0. The Bertz CT molecular complexity index is 314. The molecule has 0 unspecified atom stereocenters. The summed E-state index contributed by atoms with van der Waals surface area (Å²) in [7, 11) is 0. The normalized spacial score (nSPS) is 12.5. The van der Waals surface area contributed by atoms with Gasteiger partial charge in [0.1, 0.15) is 0 Å². The van der Waals surface area contributed by atoms with Gasteiger partial charge in [-0.15, -0.1) is 0 Å². The molecule has 0 aliphatic carbocycles. The van der Waals surface area contributed by atoms with E-state index in [-0.39, 0.29) is 6.54 Å². The lowest BCUT2D eigenvalue weighted by molar-refractivity contribution is -0.138.